The summed E-state index contributed by atoms with van der Waals surface area (Å²) in [7, 11) is 1.53. The Hall–Kier alpha value is -3.08. The van der Waals surface area contributed by atoms with E-state index in [1.165, 1.54) is 13.3 Å². The van der Waals surface area contributed by atoms with Crippen molar-refractivity contribution in [2.24, 2.45) is 0 Å². The van der Waals surface area contributed by atoms with E-state index in [1.54, 1.807) is 24.3 Å². The second kappa shape index (κ2) is 5.96. The van der Waals surface area contributed by atoms with Crippen LogP contribution >= 0.6 is 0 Å². The van der Waals surface area contributed by atoms with Crippen LogP contribution in [0.2, 0.25) is 0 Å². The Kier molecular flexibility index (Phi) is 3.85. The molecule has 0 spiro atoms. The summed E-state index contributed by atoms with van der Waals surface area (Å²) >= 11 is 0. The Labute approximate surface area is 132 Å². The Balaban J connectivity index is 2.00. The first-order chi connectivity index (χ1) is 11.1. The van der Waals surface area contributed by atoms with E-state index < -0.39 is 5.91 Å². The van der Waals surface area contributed by atoms with Gasteiger partial charge in [-0.15, -0.1) is 0 Å². The van der Waals surface area contributed by atoms with Crippen LogP contribution in [0.3, 0.4) is 0 Å². The van der Waals surface area contributed by atoms with Gasteiger partial charge in [0.25, 0.3) is 5.91 Å². The largest absolute Gasteiger partial charge is 0.497 e. The fraction of sp³-hybridized carbons (Fsp3) is 0.111. The topological polar surface area (TPSA) is 71.2 Å². The Morgan fingerprint density at radius 1 is 1.17 bits per heavy atom. The lowest BCUT2D eigenvalue weighted by atomic mass is 10.1. The number of aryl methyl sites for hydroxylation is 1. The molecule has 0 saturated carbocycles. The van der Waals surface area contributed by atoms with Crippen molar-refractivity contribution in [1.82, 2.24) is 4.98 Å². The van der Waals surface area contributed by atoms with Gasteiger partial charge in [0.1, 0.15) is 11.3 Å². The fourth-order valence-electron chi connectivity index (χ4n) is 2.41. The van der Waals surface area contributed by atoms with E-state index >= 15 is 0 Å². The highest BCUT2D eigenvalue weighted by molar-refractivity contribution is 6.05. The van der Waals surface area contributed by atoms with Crippen molar-refractivity contribution in [3.8, 4) is 5.75 Å². The standard InChI is InChI=1S/C18H16N2O3/c1-11-4-3-5-12(8-11)20-18(22)15-10-19-16-7-6-13(23-2)9-14(16)17(15)21/h3-10H,1-2H3,(H,19,21)(H,20,22). The number of methoxy groups -OCH3 is 1. The van der Waals surface area contributed by atoms with E-state index in [4.69, 9.17) is 4.74 Å². The van der Waals surface area contributed by atoms with Gasteiger partial charge in [-0.1, -0.05) is 12.1 Å². The highest BCUT2D eigenvalue weighted by Crippen LogP contribution is 2.17. The summed E-state index contributed by atoms with van der Waals surface area (Å²) in [6.45, 7) is 1.94. The Morgan fingerprint density at radius 2 is 2.00 bits per heavy atom. The molecule has 3 aromatic rings. The number of ether oxygens (including phenoxy) is 1. The van der Waals surface area contributed by atoms with Gasteiger partial charge in [0.15, 0.2) is 0 Å². The number of pyridine rings is 1. The lowest BCUT2D eigenvalue weighted by molar-refractivity contribution is 0.102. The zero-order valence-corrected chi connectivity index (χ0v) is 12.8. The molecular weight excluding hydrogens is 292 g/mol. The van der Waals surface area contributed by atoms with E-state index in [0.717, 1.165) is 5.56 Å². The van der Waals surface area contributed by atoms with Crippen molar-refractivity contribution >= 4 is 22.5 Å². The molecule has 1 aromatic heterocycles. The number of carbonyl (C=O) groups excluding carboxylic acids is 1. The molecule has 5 nitrogen and oxygen atoms in total. The number of hydrogen-bond acceptors (Lipinski definition) is 3. The van der Waals surface area contributed by atoms with E-state index in [2.05, 4.69) is 10.3 Å². The van der Waals surface area contributed by atoms with Crippen LogP contribution in [-0.4, -0.2) is 18.0 Å². The summed E-state index contributed by atoms with van der Waals surface area (Å²) in [5.74, 6) is 0.126. The zero-order valence-electron chi connectivity index (χ0n) is 12.8. The maximum Gasteiger partial charge on any atom is 0.261 e. The summed E-state index contributed by atoms with van der Waals surface area (Å²) in [4.78, 5) is 27.9. The molecular formula is C18H16N2O3. The molecule has 1 amide bonds. The zero-order chi connectivity index (χ0) is 16.4. The lowest BCUT2D eigenvalue weighted by Gasteiger charge is -2.07. The molecule has 2 aromatic carbocycles. The monoisotopic (exact) mass is 308 g/mol. The molecule has 23 heavy (non-hydrogen) atoms. The number of anilines is 1. The quantitative estimate of drug-likeness (QED) is 0.781. The molecule has 3 rings (SSSR count). The molecule has 0 aliphatic heterocycles. The number of hydrogen-bond donors (Lipinski definition) is 2. The average molecular weight is 308 g/mol. The smallest absolute Gasteiger partial charge is 0.261 e. The van der Waals surface area contributed by atoms with Gasteiger partial charge >= 0.3 is 0 Å². The SMILES string of the molecule is COc1ccc2[nH]cc(C(=O)Nc3cccc(C)c3)c(=O)c2c1. The van der Waals surface area contributed by atoms with Gasteiger partial charge in [-0.25, -0.2) is 0 Å². The normalized spacial score (nSPS) is 10.5. The molecule has 0 fully saturated rings. The molecule has 0 saturated heterocycles. The van der Waals surface area contributed by atoms with Crippen molar-refractivity contribution < 1.29 is 9.53 Å². The molecule has 5 heteroatoms. The fourth-order valence-corrected chi connectivity index (χ4v) is 2.41. The lowest BCUT2D eigenvalue weighted by Crippen LogP contribution is -2.22. The van der Waals surface area contributed by atoms with Crippen LogP contribution in [0.25, 0.3) is 10.9 Å². The van der Waals surface area contributed by atoms with Gasteiger partial charge in [-0.2, -0.15) is 0 Å². The van der Waals surface area contributed by atoms with Crippen LogP contribution in [0, 0.1) is 6.92 Å². The molecule has 0 atom stereocenters. The second-order valence-corrected chi connectivity index (χ2v) is 5.27. The average Bonchev–Trinajstić information content (AvgIpc) is 2.55. The van der Waals surface area contributed by atoms with Crippen LogP contribution in [-0.2, 0) is 0 Å². The summed E-state index contributed by atoms with van der Waals surface area (Å²) in [5, 5.41) is 3.16. The highest BCUT2D eigenvalue weighted by Gasteiger charge is 2.13. The molecule has 0 radical (unpaired) electrons. The van der Waals surface area contributed by atoms with Gasteiger partial charge in [-0.05, 0) is 42.8 Å². The molecule has 0 aliphatic rings. The summed E-state index contributed by atoms with van der Waals surface area (Å²) < 4.78 is 5.13. The molecule has 0 bridgehead atoms. The van der Waals surface area contributed by atoms with Crippen molar-refractivity contribution in [2.45, 2.75) is 6.92 Å². The van der Waals surface area contributed by atoms with Crippen molar-refractivity contribution in [2.75, 3.05) is 12.4 Å². The Bertz CT molecular complexity index is 944. The maximum atomic E-state index is 12.6. The van der Waals surface area contributed by atoms with Crippen LogP contribution in [0.5, 0.6) is 5.75 Å². The maximum absolute atomic E-state index is 12.6. The van der Waals surface area contributed by atoms with Gasteiger partial charge in [-0.3, -0.25) is 9.59 Å². The number of nitrogens with one attached hydrogen (secondary N) is 2. The first-order valence-corrected chi connectivity index (χ1v) is 7.16. The van der Waals surface area contributed by atoms with Gasteiger partial charge in [0, 0.05) is 22.8 Å². The third-order valence-electron chi connectivity index (χ3n) is 3.61. The van der Waals surface area contributed by atoms with Crippen molar-refractivity contribution in [3.63, 3.8) is 0 Å². The van der Waals surface area contributed by atoms with Gasteiger partial charge < -0.3 is 15.0 Å². The van der Waals surface area contributed by atoms with E-state index in [1.807, 2.05) is 25.1 Å². The first kappa shape index (κ1) is 14.8. The molecule has 0 aliphatic carbocycles. The van der Waals surface area contributed by atoms with Gasteiger partial charge in [0.2, 0.25) is 5.43 Å². The molecule has 0 unspecified atom stereocenters. The van der Waals surface area contributed by atoms with E-state index in [9.17, 15) is 9.59 Å². The van der Waals surface area contributed by atoms with Gasteiger partial charge in [0.05, 0.1) is 7.11 Å². The Morgan fingerprint density at radius 3 is 2.74 bits per heavy atom. The predicted octanol–water partition coefficient (Wildman–Crippen LogP) is 3.10. The van der Waals surface area contributed by atoms with Crippen molar-refractivity contribution in [1.29, 1.82) is 0 Å². The number of amides is 1. The number of H-pyrrole nitrogens is 1. The minimum Gasteiger partial charge on any atom is -0.497 e. The number of carbonyl (C=O) groups is 1. The van der Waals surface area contributed by atoms with Crippen molar-refractivity contribution in [3.05, 3.63) is 70.0 Å². The second-order valence-electron chi connectivity index (χ2n) is 5.27. The highest BCUT2D eigenvalue weighted by atomic mass is 16.5. The third kappa shape index (κ3) is 2.94. The van der Waals surface area contributed by atoms with Crippen LogP contribution in [0.1, 0.15) is 15.9 Å². The van der Waals surface area contributed by atoms with Crippen LogP contribution < -0.4 is 15.5 Å². The van der Waals surface area contributed by atoms with Crippen LogP contribution in [0.15, 0.2) is 53.5 Å². The molecule has 2 N–H and O–H groups in total. The number of rotatable bonds is 3. The predicted molar refractivity (Wildman–Crippen MR) is 90.3 cm³/mol. The molecule has 116 valence electrons. The minimum atomic E-state index is -0.443. The number of benzene rings is 2. The van der Waals surface area contributed by atoms with E-state index in [0.29, 0.717) is 22.3 Å². The van der Waals surface area contributed by atoms with E-state index in [-0.39, 0.29) is 11.0 Å². The third-order valence-corrected chi connectivity index (χ3v) is 3.61. The first-order valence-electron chi connectivity index (χ1n) is 7.16. The summed E-state index contributed by atoms with van der Waals surface area (Å²) in [5.41, 5.74) is 2.07. The number of aromatic nitrogens is 1. The number of fused-ring (bicyclic) bond motifs is 1. The summed E-state index contributed by atoms with van der Waals surface area (Å²) in [6.07, 6.45) is 1.43. The molecule has 1 heterocycles. The number of aromatic amines is 1. The van der Waals surface area contributed by atoms with Crippen LogP contribution in [0.4, 0.5) is 5.69 Å². The summed E-state index contributed by atoms with van der Waals surface area (Å²) in [6, 6.07) is 12.5. The minimum absolute atomic E-state index is 0.0623.